The molecule has 0 radical (unpaired) electrons. The lowest BCUT2D eigenvalue weighted by molar-refractivity contribution is -0.131. The largest absolute Gasteiger partial charge is 0.497 e. The number of carbonyl (C=O) groups excluding carboxylic acids is 1. The van der Waals surface area contributed by atoms with Crippen LogP contribution in [-0.2, 0) is 17.8 Å². The standard InChI is InChI=1S/C24H27ClN4O3/c1-31-19-10-7-18(8-11-19)9-12-23(30)29-14-4-13-28(15-16-29)17-22-26-27-24(32-22)20-5-2-3-6-21(20)25/h2-3,5-8,10-11H,4,9,12-17H2,1H3. The van der Waals surface area contributed by atoms with E-state index >= 15 is 0 Å². The molecular weight excluding hydrogens is 428 g/mol. The fourth-order valence-electron chi connectivity index (χ4n) is 3.83. The van der Waals surface area contributed by atoms with Crippen LogP contribution >= 0.6 is 11.6 Å². The number of aromatic nitrogens is 2. The molecule has 1 aromatic heterocycles. The minimum absolute atomic E-state index is 0.196. The normalized spacial score (nSPS) is 14.9. The molecule has 3 aromatic rings. The maximum Gasteiger partial charge on any atom is 0.249 e. The van der Waals surface area contributed by atoms with Crippen LogP contribution < -0.4 is 4.74 Å². The Morgan fingerprint density at radius 3 is 2.66 bits per heavy atom. The van der Waals surface area contributed by atoms with Crippen LogP contribution in [0.4, 0.5) is 0 Å². The summed E-state index contributed by atoms with van der Waals surface area (Å²) in [4.78, 5) is 16.9. The minimum Gasteiger partial charge on any atom is -0.497 e. The van der Waals surface area contributed by atoms with Crippen molar-refractivity contribution in [2.45, 2.75) is 25.8 Å². The van der Waals surface area contributed by atoms with Gasteiger partial charge in [-0.2, -0.15) is 0 Å². The number of nitrogens with zero attached hydrogens (tertiary/aromatic N) is 4. The van der Waals surface area contributed by atoms with Gasteiger partial charge in [0.05, 0.1) is 24.2 Å². The third kappa shape index (κ3) is 5.66. The van der Waals surface area contributed by atoms with Crippen LogP contribution in [-0.4, -0.2) is 59.2 Å². The van der Waals surface area contributed by atoms with Crippen molar-refractivity contribution in [1.82, 2.24) is 20.0 Å². The van der Waals surface area contributed by atoms with E-state index in [2.05, 4.69) is 15.1 Å². The van der Waals surface area contributed by atoms with Gasteiger partial charge in [-0.15, -0.1) is 10.2 Å². The van der Waals surface area contributed by atoms with Crippen molar-refractivity contribution in [1.29, 1.82) is 0 Å². The van der Waals surface area contributed by atoms with Crippen LogP contribution in [0.5, 0.6) is 5.75 Å². The van der Waals surface area contributed by atoms with E-state index in [4.69, 9.17) is 20.8 Å². The molecule has 168 valence electrons. The van der Waals surface area contributed by atoms with Crippen LogP contribution in [0.1, 0.15) is 24.3 Å². The SMILES string of the molecule is COc1ccc(CCC(=O)N2CCCN(Cc3nnc(-c4ccccc4Cl)o3)CC2)cc1. The lowest BCUT2D eigenvalue weighted by atomic mass is 10.1. The van der Waals surface area contributed by atoms with E-state index < -0.39 is 0 Å². The highest BCUT2D eigenvalue weighted by Gasteiger charge is 2.21. The monoisotopic (exact) mass is 454 g/mol. The molecule has 32 heavy (non-hydrogen) atoms. The highest BCUT2D eigenvalue weighted by Crippen LogP contribution is 2.26. The zero-order chi connectivity index (χ0) is 22.3. The Labute approximate surface area is 192 Å². The number of hydrogen-bond donors (Lipinski definition) is 0. The molecule has 2 aromatic carbocycles. The molecule has 1 saturated heterocycles. The predicted molar refractivity (Wildman–Crippen MR) is 123 cm³/mol. The molecule has 8 heteroatoms. The van der Waals surface area contributed by atoms with E-state index in [1.54, 1.807) is 13.2 Å². The van der Waals surface area contributed by atoms with Gasteiger partial charge in [0.15, 0.2) is 0 Å². The Hall–Kier alpha value is -2.90. The van der Waals surface area contributed by atoms with Crippen molar-refractivity contribution in [2.75, 3.05) is 33.3 Å². The van der Waals surface area contributed by atoms with E-state index in [1.807, 2.05) is 47.4 Å². The third-order valence-electron chi connectivity index (χ3n) is 5.66. The summed E-state index contributed by atoms with van der Waals surface area (Å²) in [7, 11) is 1.65. The quantitative estimate of drug-likeness (QED) is 0.536. The van der Waals surface area contributed by atoms with E-state index in [-0.39, 0.29) is 5.91 Å². The number of ether oxygens (including phenoxy) is 1. The second-order valence-corrected chi connectivity index (χ2v) is 8.25. The fourth-order valence-corrected chi connectivity index (χ4v) is 4.05. The summed E-state index contributed by atoms with van der Waals surface area (Å²) in [5.41, 5.74) is 1.87. The average molecular weight is 455 g/mol. The van der Waals surface area contributed by atoms with Gasteiger partial charge in [0.25, 0.3) is 0 Å². The first-order chi connectivity index (χ1) is 15.6. The van der Waals surface area contributed by atoms with Crippen molar-refractivity contribution in [3.05, 3.63) is 65.0 Å². The summed E-state index contributed by atoms with van der Waals surface area (Å²) in [6, 6.07) is 15.3. The van der Waals surface area contributed by atoms with E-state index in [0.717, 1.165) is 49.4 Å². The molecule has 1 aliphatic rings. The van der Waals surface area contributed by atoms with Crippen molar-refractivity contribution in [2.24, 2.45) is 0 Å². The summed E-state index contributed by atoms with van der Waals surface area (Å²) in [6.45, 7) is 3.69. The Balaban J connectivity index is 1.27. The molecule has 4 rings (SSSR count). The third-order valence-corrected chi connectivity index (χ3v) is 5.99. The zero-order valence-corrected chi connectivity index (χ0v) is 18.9. The fraction of sp³-hybridized carbons (Fsp3) is 0.375. The van der Waals surface area contributed by atoms with Gasteiger partial charge >= 0.3 is 0 Å². The number of hydrogen-bond acceptors (Lipinski definition) is 6. The number of rotatable bonds is 7. The van der Waals surface area contributed by atoms with Gasteiger partial charge in [-0.1, -0.05) is 35.9 Å². The molecule has 0 bridgehead atoms. The maximum absolute atomic E-state index is 12.7. The molecule has 1 amide bonds. The van der Waals surface area contributed by atoms with Crippen LogP contribution in [0.3, 0.4) is 0 Å². The Morgan fingerprint density at radius 2 is 1.88 bits per heavy atom. The van der Waals surface area contributed by atoms with Crippen LogP contribution in [0.25, 0.3) is 11.5 Å². The predicted octanol–water partition coefficient (Wildman–Crippen LogP) is 4.07. The van der Waals surface area contributed by atoms with Gasteiger partial charge in [0.1, 0.15) is 5.75 Å². The smallest absolute Gasteiger partial charge is 0.249 e. The molecule has 2 heterocycles. The second-order valence-electron chi connectivity index (χ2n) is 7.84. The highest BCUT2D eigenvalue weighted by atomic mass is 35.5. The Kier molecular flexibility index (Phi) is 7.39. The van der Waals surface area contributed by atoms with Gasteiger partial charge in [0, 0.05) is 32.6 Å². The van der Waals surface area contributed by atoms with Gasteiger partial charge in [-0.25, -0.2) is 0 Å². The van der Waals surface area contributed by atoms with E-state index in [0.29, 0.717) is 36.3 Å². The van der Waals surface area contributed by atoms with Crippen molar-refractivity contribution >= 4 is 17.5 Å². The highest BCUT2D eigenvalue weighted by molar-refractivity contribution is 6.33. The molecule has 0 saturated carbocycles. The zero-order valence-electron chi connectivity index (χ0n) is 18.2. The molecular formula is C24H27ClN4O3. The molecule has 0 aliphatic carbocycles. The first-order valence-corrected chi connectivity index (χ1v) is 11.2. The van der Waals surface area contributed by atoms with Crippen LogP contribution in [0.15, 0.2) is 52.9 Å². The Bertz CT molecular complexity index is 1040. The summed E-state index contributed by atoms with van der Waals surface area (Å²) in [5, 5.41) is 8.91. The van der Waals surface area contributed by atoms with Gasteiger partial charge in [-0.05, 0) is 42.7 Å². The minimum atomic E-state index is 0.196. The topological polar surface area (TPSA) is 71.7 Å². The van der Waals surface area contributed by atoms with E-state index in [9.17, 15) is 4.79 Å². The number of carbonyl (C=O) groups is 1. The van der Waals surface area contributed by atoms with E-state index in [1.165, 1.54) is 0 Å². The van der Waals surface area contributed by atoms with Gasteiger partial charge in [0.2, 0.25) is 17.7 Å². The molecule has 1 fully saturated rings. The average Bonchev–Trinajstić information content (AvgIpc) is 3.15. The first kappa shape index (κ1) is 22.3. The van der Waals surface area contributed by atoms with Crippen molar-refractivity contribution < 1.29 is 13.9 Å². The second kappa shape index (κ2) is 10.6. The number of benzene rings is 2. The van der Waals surface area contributed by atoms with Crippen molar-refractivity contribution in [3.63, 3.8) is 0 Å². The maximum atomic E-state index is 12.7. The van der Waals surface area contributed by atoms with Gasteiger partial charge < -0.3 is 14.1 Å². The molecule has 0 spiro atoms. The first-order valence-electron chi connectivity index (χ1n) is 10.8. The number of aryl methyl sites for hydroxylation is 1. The Morgan fingerprint density at radius 1 is 1.06 bits per heavy atom. The van der Waals surface area contributed by atoms with Crippen LogP contribution in [0.2, 0.25) is 5.02 Å². The molecule has 7 nitrogen and oxygen atoms in total. The summed E-state index contributed by atoms with van der Waals surface area (Å²) in [5.74, 6) is 2.00. The number of amides is 1. The lowest BCUT2D eigenvalue weighted by Crippen LogP contribution is -2.35. The summed E-state index contributed by atoms with van der Waals surface area (Å²) >= 11 is 6.22. The van der Waals surface area contributed by atoms with Crippen molar-refractivity contribution in [3.8, 4) is 17.2 Å². The number of halogens is 1. The molecule has 0 atom stereocenters. The summed E-state index contributed by atoms with van der Waals surface area (Å²) in [6.07, 6.45) is 2.16. The summed E-state index contributed by atoms with van der Waals surface area (Å²) < 4.78 is 11.0. The number of methoxy groups -OCH3 is 1. The van der Waals surface area contributed by atoms with Gasteiger partial charge in [-0.3, -0.25) is 9.69 Å². The van der Waals surface area contributed by atoms with Crippen LogP contribution in [0, 0.1) is 0 Å². The lowest BCUT2D eigenvalue weighted by Gasteiger charge is -2.21. The molecule has 0 unspecified atom stereocenters. The molecule has 0 N–H and O–H groups in total. The molecule has 1 aliphatic heterocycles.